The van der Waals surface area contributed by atoms with Crippen LogP contribution in [0.2, 0.25) is 0 Å². The van der Waals surface area contributed by atoms with Crippen LogP contribution in [0.5, 0.6) is 0 Å². The zero-order valence-electron chi connectivity index (χ0n) is 6.80. The smallest absolute Gasteiger partial charge is 0.146 e. The third-order valence-electron chi connectivity index (χ3n) is 1.19. The number of hydrogen-bond donors (Lipinski definition) is 0. The van der Waals surface area contributed by atoms with Crippen molar-refractivity contribution < 1.29 is 9.16 Å². The molecule has 3 heteroatoms. The highest BCUT2D eigenvalue weighted by Gasteiger charge is 1.96. The first kappa shape index (κ1) is 9.88. The van der Waals surface area contributed by atoms with Crippen LogP contribution in [0.25, 0.3) is 0 Å². The summed E-state index contributed by atoms with van der Waals surface area (Å²) in [4.78, 5) is 0. The Labute approximate surface area is 65.8 Å². The van der Waals surface area contributed by atoms with Crippen LogP contribution in [0.3, 0.4) is 0 Å². The predicted octanol–water partition coefficient (Wildman–Crippen LogP) is 0.265. The Hall–Kier alpha value is -0.123. The van der Waals surface area contributed by atoms with E-state index in [1.54, 1.807) is 0 Å². The molecule has 0 aliphatic rings. The van der Waals surface area contributed by atoms with Gasteiger partial charge in [-0.3, -0.25) is 0 Å². The lowest BCUT2D eigenvalue weighted by molar-refractivity contribution is 0.0482. The van der Waals surface area contributed by atoms with E-state index in [1.165, 1.54) is 0 Å². The molecule has 0 rings (SSSR count). The summed E-state index contributed by atoms with van der Waals surface area (Å²) in [5, 5.41) is 0. The molecule has 0 heterocycles. The normalized spacial score (nSPS) is 13.3. The monoisotopic (exact) mass is 160 g/mol. The van der Waals surface area contributed by atoms with Crippen molar-refractivity contribution in [3.63, 3.8) is 0 Å². The molecule has 2 nitrogen and oxygen atoms in total. The minimum atomic E-state index is 0.286. The van der Waals surface area contributed by atoms with Gasteiger partial charge in [0.1, 0.15) is 10.5 Å². The van der Waals surface area contributed by atoms with Crippen molar-refractivity contribution in [1.82, 2.24) is 0 Å². The first-order chi connectivity index (χ1) is 4.81. The van der Waals surface area contributed by atoms with Gasteiger partial charge in [0.15, 0.2) is 0 Å². The largest absolute Gasteiger partial charge is 0.426 e. The molecule has 1 atom stereocenters. The fourth-order valence-corrected chi connectivity index (χ4v) is 0.802. The molecule has 0 N–H and O–H groups in total. The van der Waals surface area contributed by atoms with E-state index in [4.69, 9.17) is 9.16 Å². The first-order valence-electron chi connectivity index (χ1n) is 3.52. The fourth-order valence-electron chi connectivity index (χ4n) is 0.635. The van der Waals surface area contributed by atoms with Crippen molar-refractivity contribution in [3.8, 4) is 0 Å². The molecule has 10 heavy (non-hydrogen) atoms. The lowest BCUT2D eigenvalue weighted by Gasteiger charge is -2.09. The van der Waals surface area contributed by atoms with Crippen molar-refractivity contribution in [3.05, 3.63) is 12.7 Å². The molecule has 0 bridgehead atoms. The Kier molecular flexibility index (Phi) is 6.90. The van der Waals surface area contributed by atoms with Crippen molar-refractivity contribution >= 4 is 10.5 Å². The maximum atomic E-state index is 5.35. The highest BCUT2D eigenvalue weighted by molar-refractivity contribution is 5.97. The number of rotatable bonds is 6. The van der Waals surface area contributed by atoms with Crippen molar-refractivity contribution in [1.29, 1.82) is 0 Å². The molecule has 0 saturated heterocycles. The van der Waals surface area contributed by atoms with E-state index in [1.807, 2.05) is 13.0 Å². The van der Waals surface area contributed by atoms with Crippen LogP contribution < -0.4 is 0 Å². The Morgan fingerprint density at radius 3 is 2.80 bits per heavy atom. The van der Waals surface area contributed by atoms with Gasteiger partial charge in [-0.25, -0.2) is 0 Å². The van der Waals surface area contributed by atoms with E-state index in [-0.39, 0.29) is 6.10 Å². The van der Waals surface area contributed by atoms with Gasteiger partial charge in [0.05, 0.1) is 19.3 Å². The van der Waals surface area contributed by atoms with Gasteiger partial charge >= 0.3 is 0 Å². The van der Waals surface area contributed by atoms with Gasteiger partial charge in [-0.2, -0.15) is 0 Å². The second kappa shape index (κ2) is 6.99. The average Bonchev–Trinajstić information content (AvgIpc) is 1.89. The maximum Gasteiger partial charge on any atom is 0.146 e. The Morgan fingerprint density at radius 1 is 1.60 bits per heavy atom. The van der Waals surface area contributed by atoms with E-state index in [0.29, 0.717) is 6.61 Å². The van der Waals surface area contributed by atoms with Crippen LogP contribution in [-0.4, -0.2) is 29.8 Å². The quantitative estimate of drug-likeness (QED) is 0.315. The summed E-state index contributed by atoms with van der Waals surface area (Å²) in [5.41, 5.74) is 0. The van der Waals surface area contributed by atoms with Crippen LogP contribution in [0.1, 0.15) is 13.3 Å². The van der Waals surface area contributed by atoms with Gasteiger partial charge in [0, 0.05) is 0 Å². The summed E-state index contributed by atoms with van der Waals surface area (Å²) in [6, 6.07) is 0. The minimum Gasteiger partial charge on any atom is -0.426 e. The Morgan fingerprint density at radius 2 is 2.30 bits per heavy atom. The zero-order chi connectivity index (χ0) is 7.82. The summed E-state index contributed by atoms with van der Waals surface area (Å²) in [6.45, 7) is 7.10. The van der Waals surface area contributed by atoms with Crippen LogP contribution in [-0.2, 0) is 9.16 Å². The van der Waals surface area contributed by atoms with Crippen molar-refractivity contribution in [2.45, 2.75) is 19.4 Å². The molecule has 1 unspecified atom stereocenters. The van der Waals surface area contributed by atoms with Gasteiger partial charge in [-0.05, 0) is 13.3 Å². The van der Waals surface area contributed by atoms with Crippen LogP contribution in [0.15, 0.2) is 12.7 Å². The predicted molar refractivity (Wildman–Crippen MR) is 46.1 cm³/mol. The van der Waals surface area contributed by atoms with E-state index in [9.17, 15) is 0 Å². The van der Waals surface area contributed by atoms with Crippen LogP contribution in [0.4, 0.5) is 0 Å². The Bertz CT molecular complexity index is 85.7. The van der Waals surface area contributed by atoms with E-state index < -0.39 is 0 Å². The van der Waals surface area contributed by atoms with Gasteiger partial charge in [-0.1, -0.05) is 6.08 Å². The second-order valence-electron chi connectivity index (χ2n) is 2.20. The molecular weight excluding hydrogens is 144 g/mol. The van der Waals surface area contributed by atoms with E-state index >= 15 is 0 Å². The molecule has 0 aromatic rings. The number of ether oxygens (including phenoxy) is 1. The second-order valence-corrected chi connectivity index (χ2v) is 2.78. The first-order valence-corrected chi connectivity index (χ1v) is 4.34. The Balaban J connectivity index is 3.04. The highest BCUT2D eigenvalue weighted by atomic mass is 28.2. The lowest BCUT2D eigenvalue weighted by atomic mass is 10.3. The molecule has 0 amide bonds. The number of hydrogen-bond acceptors (Lipinski definition) is 2. The van der Waals surface area contributed by atoms with Crippen molar-refractivity contribution in [2.24, 2.45) is 0 Å². The van der Waals surface area contributed by atoms with Gasteiger partial charge in [0.25, 0.3) is 0 Å². The fraction of sp³-hybridized carbons (Fsp3) is 0.714. The molecule has 0 radical (unpaired) electrons. The summed E-state index contributed by atoms with van der Waals surface area (Å²) in [5.74, 6) is 0. The van der Waals surface area contributed by atoms with E-state index in [0.717, 1.165) is 23.5 Å². The molecule has 0 spiro atoms. The third kappa shape index (κ3) is 6.00. The summed E-state index contributed by atoms with van der Waals surface area (Å²) in [7, 11) is 0.801. The summed E-state index contributed by atoms with van der Waals surface area (Å²) < 4.78 is 10.3. The standard InChI is InChI=1S/C7H16O2Si/c1-3-4-7(2)8-5-6-9-10/h3,7H,1,4-6H2,2,10H3. The topological polar surface area (TPSA) is 18.5 Å². The summed E-state index contributed by atoms with van der Waals surface area (Å²) >= 11 is 0. The van der Waals surface area contributed by atoms with Gasteiger partial charge in [-0.15, -0.1) is 6.58 Å². The molecule has 0 aromatic heterocycles. The molecule has 0 saturated carbocycles. The molecule has 0 aliphatic carbocycles. The summed E-state index contributed by atoms with van der Waals surface area (Å²) in [6.07, 6.45) is 3.07. The zero-order valence-corrected chi connectivity index (χ0v) is 8.80. The molecule has 0 aromatic carbocycles. The maximum absolute atomic E-state index is 5.35. The van der Waals surface area contributed by atoms with Crippen LogP contribution >= 0.6 is 0 Å². The van der Waals surface area contributed by atoms with Crippen LogP contribution in [0, 0.1) is 0 Å². The van der Waals surface area contributed by atoms with Gasteiger partial charge < -0.3 is 9.16 Å². The molecule has 0 fully saturated rings. The van der Waals surface area contributed by atoms with Gasteiger partial charge in [0.2, 0.25) is 0 Å². The van der Waals surface area contributed by atoms with Crippen molar-refractivity contribution in [2.75, 3.05) is 13.2 Å². The lowest BCUT2D eigenvalue weighted by Crippen LogP contribution is -2.11. The third-order valence-corrected chi connectivity index (χ3v) is 1.60. The highest BCUT2D eigenvalue weighted by Crippen LogP contribution is 1.96. The molecule has 60 valence electrons. The van der Waals surface area contributed by atoms with E-state index in [2.05, 4.69) is 6.58 Å². The molecular formula is C7H16O2Si. The SMILES string of the molecule is C=CCC(C)OCCO[SiH3]. The molecule has 0 aliphatic heterocycles. The minimum absolute atomic E-state index is 0.286. The average molecular weight is 160 g/mol.